The van der Waals surface area contributed by atoms with Crippen LogP contribution in [0.2, 0.25) is 0 Å². The predicted molar refractivity (Wildman–Crippen MR) is 155 cm³/mol. The number of fused-ring (bicyclic) bond motifs is 1. The molecule has 0 saturated heterocycles. The molecule has 3 aromatic carbocycles. The van der Waals surface area contributed by atoms with Gasteiger partial charge in [0.05, 0.1) is 6.04 Å². The minimum atomic E-state index is -0.573. The summed E-state index contributed by atoms with van der Waals surface area (Å²) in [7, 11) is 1.60. The molecule has 2 atom stereocenters. The second-order valence-corrected chi connectivity index (χ2v) is 10.7. The molecule has 1 saturated carbocycles. The molecule has 6 heteroatoms. The lowest BCUT2D eigenvalue weighted by Crippen LogP contribution is -2.33. The van der Waals surface area contributed by atoms with Gasteiger partial charge in [-0.3, -0.25) is 9.59 Å². The summed E-state index contributed by atoms with van der Waals surface area (Å²) in [6, 6.07) is 22.3. The third-order valence-electron chi connectivity index (χ3n) is 7.88. The van der Waals surface area contributed by atoms with Gasteiger partial charge in [-0.15, -0.1) is 0 Å². The molecule has 4 aromatic rings. The predicted octanol–water partition coefficient (Wildman–Crippen LogP) is 6.19. The number of amides is 2. The maximum absolute atomic E-state index is 13.2. The highest BCUT2D eigenvalue weighted by atomic mass is 16.5. The minimum Gasteiger partial charge on any atom is -0.481 e. The maximum Gasteiger partial charge on any atom is 0.260 e. The molecule has 0 unspecified atom stereocenters. The van der Waals surface area contributed by atoms with E-state index in [0.717, 1.165) is 33.3 Å². The first kappa shape index (κ1) is 26.5. The van der Waals surface area contributed by atoms with Crippen LogP contribution in [-0.2, 0) is 11.3 Å². The monoisotopic (exact) mass is 523 g/mol. The molecule has 1 heterocycles. The Morgan fingerprint density at radius 3 is 2.51 bits per heavy atom. The van der Waals surface area contributed by atoms with Crippen molar-refractivity contribution in [3.8, 4) is 5.75 Å². The Hall–Kier alpha value is -4.06. The highest BCUT2D eigenvalue weighted by Crippen LogP contribution is 2.40. The number of nitrogens with one attached hydrogen (secondary N) is 2. The molecule has 0 radical (unpaired) electrons. The molecule has 0 spiro atoms. The Balaban J connectivity index is 1.34. The number of rotatable bonds is 9. The van der Waals surface area contributed by atoms with E-state index in [9.17, 15) is 9.59 Å². The molecule has 5 rings (SSSR count). The summed E-state index contributed by atoms with van der Waals surface area (Å²) in [6.45, 7) is 8.64. The molecule has 39 heavy (non-hydrogen) atoms. The van der Waals surface area contributed by atoms with Crippen molar-refractivity contribution in [1.29, 1.82) is 0 Å². The highest BCUT2D eigenvalue weighted by molar-refractivity contribution is 5.99. The third-order valence-corrected chi connectivity index (χ3v) is 7.88. The van der Waals surface area contributed by atoms with E-state index >= 15 is 0 Å². The number of ether oxygens (including phenoxy) is 1. The molecule has 0 bridgehead atoms. The van der Waals surface area contributed by atoms with Crippen LogP contribution in [0, 0.1) is 13.8 Å². The van der Waals surface area contributed by atoms with Gasteiger partial charge >= 0.3 is 0 Å². The van der Waals surface area contributed by atoms with Crippen molar-refractivity contribution < 1.29 is 14.3 Å². The summed E-state index contributed by atoms with van der Waals surface area (Å²) in [6.07, 6.45) is 1.95. The van der Waals surface area contributed by atoms with Crippen molar-refractivity contribution in [2.24, 2.45) is 0 Å². The van der Waals surface area contributed by atoms with E-state index in [2.05, 4.69) is 59.4 Å². The minimum absolute atomic E-state index is 0.0684. The van der Waals surface area contributed by atoms with Crippen molar-refractivity contribution in [1.82, 2.24) is 15.2 Å². The van der Waals surface area contributed by atoms with Crippen LogP contribution in [-0.4, -0.2) is 29.5 Å². The van der Waals surface area contributed by atoms with Crippen LogP contribution in [0.5, 0.6) is 5.75 Å². The Morgan fingerprint density at radius 2 is 1.77 bits per heavy atom. The second-order valence-electron chi connectivity index (χ2n) is 10.7. The maximum atomic E-state index is 13.2. The zero-order chi connectivity index (χ0) is 27.7. The molecular formula is C33H37N3O3. The van der Waals surface area contributed by atoms with Crippen molar-refractivity contribution in [2.45, 2.75) is 65.1 Å². The van der Waals surface area contributed by atoms with Gasteiger partial charge in [-0.05, 0) is 99.0 Å². The summed E-state index contributed by atoms with van der Waals surface area (Å²) < 4.78 is 8.09. The second kappa shape index (κ2) is 11.0. The molecular weight excluding hydrogens is 486 g/mol. The van der Waals surface area contributed by atoms with E-state index in [1.807, 2.05) is 43.3 Å². The first-order valence-corrected chi connectivity index (χ1v) is 13.7. The number of carbonyl (C=O) groups is 2. The van der Waals surface area contributed by atoms with Gasteiger partial charge in [0, 0.05) is 35.8 Å². The lowest BCUT2D eigenvalue weighted by atomic mass is 10.0. The van der Waals surface area contributed by atoms with Gasteiger partial charge in [-0.2, -0.15) is 0 Å². The van der Waals surface area contributed by atoms with Gasteiger partial charge in [0.1, 0.15) is 5.75 Å². The first-order chi connectivity index (χ1) is 18.7. The highest BCUT2D eigenvalue weighted by Gasteiger charge is 2.24. The quantitative estimate of drug-likeness (QED) is 0.275. The lowest BCUT2D eigenvalue weighted by molar-refractivity contribution is -0.126. The van der Waals surface area contributed by atoms with Gasteiger partial charge < -0.3 is 19.9 Å². The number of nitrogens with zero attached hydrogens (tertiary/aromatic N) is 1. The first-order valence-electron chi connectivity index (χ1n) is 13.7. The van der Waals surface area contributed by atoms with E-state index in [4.69, 9.17) is 4.74 Å². The number of aryl methyl sites for hydroxylation is 1. The zero-order valence-electron chi connectivity index (χ0n) is 23.4. The van der Waals surface area contributed by atoms with Crippen molar-refractivity contribution >= 4 is 22.7 Å². The molecule has 202 valence electrons. The average Bonchev–Trinajstić information content (AvgIpc) is 3.77. The van der Waals surface area contributed by atoms with Crippen LogP contribution in [0.3, 0.4) is 0 Å². The molecule has 1 aliphatic rings. The topological polar surface area (TPSA) is 72.4 Å². The number of hydrogen-bond acceptors (Lipinski definition) is 3. The van der Waals surface area contributed by atoms with Gasteiger partial charge in [0.15, 0.2) is 6.10 Å². The van der Waals surface area contributed by atoms with Crippen LogP contribution in [0.4, 0.5) is 0 Å². The molecule has 2 N–H and O–H groups in total. The van der Waals surface area contributed by atoms with Crippen LogP contribution in [0.15, 0.2) is 66.7 Å². The molecule has 0 aliphatic heterocycles. The summed E-state index contributed by atoms with van der Waals surface area (Å²) >= 11 is 0. The smallest absolute Gasteiger partial charge is 0.260 e. The Morgan fingerprint density at radius 1 is 1.00 bits per heavy atom. The van der Waals surface area contributed by atoms with Gasteiger partial charge in [0.25, 0.3) is 11.8 Å². The normalized spacial score (nSPS) is 14.6. The van der Waals surface area contributed by atoms with Gasteiger partial charge in [-0.1, -0.05) is 36.4 Å². The summed E-state index contributed by atoms with van der Waals surface area (Å²) in [5, 5.41) is 6.88. The number of aromatic nitrogens is 1. The molecule has 2 amide bonds. The third kappa shape index (κ3) is 5.70. The Labute approximate surface area is 230 Å². The van der Waals surface area contributed by atoms with E-state index in [1.54, 1.807) is 14.0 Å². The summed E-state index contributed by atoms with van der Waals surface area (Å²) in [5.74, 6) is 1.11. The molecule has 1 aromatic heterocycles. The Kier molecular flexibility index (Phi) is 7.47. The zero-order valence-corrected chi connectivity index (χ0v) is 23.4. The van der Waals surface area contributed by atoms with Gasteiger partial charge in [0.2, 0.25) is 0 Å². The SMILES string of the molecule is CNC(=O)[C@H](C)Oc1cccc(Cn2c(C)c(C)c3cc(C(=O)N[C@@H](C)c4cccc(C5CC5)c4)ccc32)c1. The number of likely N-dealkylation sites (N-methyl/N-ethyl adjacent to an activating group) is 1. The molecule has 1 aliphatic carbocycles. The number of hydrogen-bond donors (Lipinski definition) is 2. The number of benzene rings is 3. The van der Waals surface area contributed by atoms with Crippen molar-refractivity contribution in [3.63, 3.8) is 0 Å². The standard InChI is InChI=1S/C33H37N3O3/c1-20-22(3)36(19-24-8-6-11-29(16-24)39-23(4)32(37)34-5)31-15-14-28(18-30(20)31)33(38)35-21(2)26-9-7-10-27(17-26)25-12-13-25/h6-11,14-18,21,23,25H,12-13,19H2,1-5H3,(H,34,37)(H,35,38)/t21-,23-/m0/s1. The molecule has 1 fully saturated rings. The van der Waals surface area contributed by atoms with Crippen LogP contribution >= 0.6 is 0 Å². The lowest BCUT2D eigenvalue weighted by Gasteiger charge is -2.16. The van der Waals surface area contributed by atoms with Crippen LogP contribution < -0.4 is 15.4 Å². The average molecular weight is 524 g/mol. The summed E-state index contributed by atoms with van der Waals surface area (Å²) in [4.78, 5) is 25.1. The fourth-order valence-corrected chi connectivity index (χ4v) is 5.22. The largest absolute Gasteiger partial charge is 0.481 e. The molecule has 6 nitrogen and oxygen atoms in total. The van der Waals surface area contributed by atoms with Crippen molar-refractivity contribution in [3.05, 3.63) is 100 Å². The van der Waals surface area contributed by atoms with E-state index in [1.165, 1.54) is 18.4 Å². The van der Waals surface area contributed by atoms with Crippen LogP contribution in [0.1, 0.15) is 77.0 Å². The fourth-order valence-electron chi connectivity index (χ4n) is 5.22. The van der Waals surface area contributed by atoms with E-state index < -0.39 is 6.10 Å². The fraction of sp³-hybridized carbons (Fsp3) is 0.333. The van der Waals surface area contributed by atoms with E-state index in [0.29, 0.717) is 23.8 Å². The number of carbonyl (C=O) groups excluding carboxylic acids is 2. The van der Waals surface area contributed by atoms with Crippen molar-refractivity contribution in [2.75, 3.05) is 7.05 Å². The van der Waals surface area contributed by atoms with Crippen LogP contribution in [0.25, 0.3) is 10.9 Å². The Bertz CT molecular complexity index is 1530. The summed E-state index contributed by atoms with van der Waals surface area (Å²) in [5.41, 5.74) is 7.63. The van der Waals surface area contributed by atoms with E-state index in [-0.39, 0.29) is 17.9 Å². The van der Waals surface area contributed by atoms with Gasteiger partial charge in [-0.25, -0.2) is 0 Å².